The molecule has 1 unspecified atom stereocenters. The van der Waals surface area contributed by atoms with E-state index < -0.39 is 0 Å². The zero-order chi connectivity index (χ0) is 16.7. The molecule has 2 aliphatic heterocycles. The second-order valence-corrected chi connectivity index (χ2v) is 6.02. The van der Waals surface area contributed by atoms with E-state index in [9.17, 15) is 4.79 Å². The fourth-order valence-electron chi connectivity index (χ4n) is 3.37. The van der Waals surface area contributed by atoms with Crippen LogP contribution >= 0.6 is 0 Å². The first-order chi connectivity index (χ1) is 11.7. The highest BCUT2D eigenvalue weighted by Crippen LogP contribution is 2.40. The van der Waals surface area contributed by atoms with Gasteiger partial charge in [-0.15, -0.1) is 0 Å². The van der Waals surface area contributed by atoms with Crippen molar-refractivity contribution in [3.05, 3.63) is 58.7 Å². The van der Waals surface area contributed by atoms with Crippen molar-refractivity contribution in [2.45, 2.75) is 19.4 Å². The van der Waals surface area contributed by atoms with Crippen molar-refractivity contribution in [1.29, 1.82) is 5.26 Å². The smallest absolute Gasteiger partial charge is 0.254 e. The number of hydrogen-bond donors (Lipinski definition) is 0. The molecule has 4 rings (SSSR count). The topological polar surface area (TPSA) is 62.6 Å². The van der Waals surface area contributed by atoms with Gasteiger partial charge in [0, 0.05) is 12.1 Å². The summed E-state index contributed by atoms with van der Waals surface area (Å²) in [6, 6.07) is 12.9. The summed E-state index contributed by atoms with van der Waals surface area (Å²) >= 11 is 0. The number of ether oxygens (including phenoxy) is 2. The van der Waals surface area contributed by atoms with Crippen LogP contribution in [0.2, 0.25) is 0 Å². The Hall–Kier alpha value is -3.00. The number of carbonyl (C=O) groups excluding carboxylic acids is 1. The van der Waals surface area contributed by atoms with Crippen molar-refractivity contribution >= 4 is 5.91 Å². The van der Waals surface area contributed by atoms with Crippen LogP contribution in [-0.2, 0) is 6.42 Å². The molecular weight excluding hydrogens is 304 g/mol. The van der Waals surface area contributed by atoms with Gasteiger partial charge in [-0.25, -0.2) is 0 Å². The summed E-state index contributed by atoms with van der Waals surface area (Å²) in [6.45, 7) is 2.91. The van der Waals surface area contributed by atoms with Crippen molar-refractivity contribution in [2.24, 2.45) is 0 Å². The molecule has 0 saturated carbocycles. The molecule has 0 N–H and O–H groups in total. The van der Waals surface area contributed by atoms with E-state index in [1.807, 2.05) is 24.0 Å². The van der Waals surface area contributed by atoms with Crippen molar-refractivity contribution in [1.82, 2.24) is 4.90 Å². The maximum atomic E-state index is 12.9. The van der Waals surface area contributed by atoms with Crippen LogP contribution in [-0.4, -0.2) is 24.1 Å². The Morgan fingerprint density at radius 3 is 2.83 bits per heavy atom. The first-order valence-corrected chi connectivity index (χ1v) is 7.91. The number of nitrogens with zero attached hydrogens (tertiary/aromatic N) is 2. The van der Waals surface area contributed by atoms with Gasteiger partial charge in [0.15, 0.2) is 11.5 Å². The van der Waals surface area contributed by atoms with E-state index in [4.69, 9.17) is 14.7 Å². The zero-order valence-electron chi connectivity index (χ0n) is 13.3. The van der Waals surface area contributed by atoms with Crippen LogP contribution in [0.5, 0.6) is 11.5 Å². The van der Waals surface area contributed by atoms with Gasteiger partial charge in [-0.3, -0.25) is 4.79 Å². The van der Waals surface area contributed by atoms with Crippen molar-refractivity contribution < 1.29 is 14.3 Å². The molecule has 2 aromatic carbocycles. The van der Waals surface area contributed by atoms with E-state index in [0.717, 1.165) is 23.5 Å². The Morgan fingerprint density at radius 1 is 1.25 bits per heavy atom. The van der Waals surface area contributed by atoms with Crippen LogP contribution < -0.4 is 9.47 Å². The van der Waals surface area contributed by atoms with Crippen molar-refractivity contribution in [2.75, 3.05) is 13.3 Å². The maximum absolute atomic E-state index is 12.9. The minimum atomic E-state index is -0.0542. The molecule has 120 valence electrons. The van der Waals surface area contributed by atoms with Gasteiger partial charge in [-0.2, -0.15) is 5.26 Å². The average Bonchev–Trinajstić information content (AvgIpc) is 3.07. The van der Waals surface area contributed by atoms with Gasteiger partial charge in [0.25, 0.3) is 5.91 Å². The Labute approximate surface area is 140 Å². The normalized spacial score (nSPS) is 18.0. The highest BCUT2D eigenvalue weighted by molar-refractivity contribution is 5.95. The molecule has 0 aromatic heterocycles. The molecule has 0 spiro atoms. The second kappa shape index (κ2) is 5.57. The lowest BCUT2D eigenvalue weighted by Crippen LogP contribution is -2.38. The van der Waals surface area contributed by atoms with Gasteiger partial charge in [-0.05, 0) is 54.8 Å². The quantitative estimate of drug-likeness (QED) is 0.810. The van der Waals surface area contributed by atoms with Gasteiger partial charge >= 0.3 is 0 Å². The van der Waals surface area contributed by atoms with Crippen LogP contribution in [0.25, 0.3) is 0 Å². The van der Waals surface area contributed by atoms with E-state index >= 15 is 0 Å². The number of carbonyl (C=O) groups is 1. The molecule has 0 bridgehead atoms. The molecule has 5 nitrogen and oxygen atoms in total. The van der Waals surface area contributed by atoms with Gasteiger partial charge in [-0.1, -0.05) is 6.07 Å². The van der Waals surface area contributed by atoms with E-state index in [1.54, 1.807) is 24.3 Å². The number of nitriles is 1. The van der Waals surface area contributed by atoms with E-state index in [2.05, 4.69) is 6.07 Å². The van der Waals surface area contributed by atoms with Gasteiger partial charge < -0.3 is 14.4 Å². The summed E-state index contributed by atoms with van der Waals surface area (Å²) in [4.78, 5) is 14.7. The second-order valence-electron chi connectivity index (χ2n) is 6.02. The predicted octanol–water partition coefficient (Wildman–Crippen LogP) is 3.05. The first kappa shape index (κ1) is 14.6. The molecule has 0 fully saturated rings. The molecule has 2 heterocycles. The summed E-state index contributed by atoms with van der Waals surface area (Å²) in [7, 11) is 0. The largest absolute Gasteiger partial charge is 0.454 e. The number of fused-ring (bicyclic) bond motifs is 2. The van der Waals surface area contributed by atoms with E-state index in [0.29, 0.717) is 17.7 Å². The van der Waals surface area contributed by atoms with Gasteiger partial charge in [0.2, 0.25) is 6.79 Å². The molecule has 1 amide bonds. The summed E-state index contributed by atoms with van der Waals surface area (Å²) < 4.78 is 10.9. The Morgan fingerprint density at radius 2 is 2.04 bits per heavy atom. The lowest BCUT2D eigenvalue weighted by Gasteiger charge is -2.35. The van der Waals surface area contributed by atoms with Gasteiger partial charge in [0.1, 0.15) is 0 Å². The van der Waals surface area contributed by atoms with Crippen molar-refractivity contribution in [3.8, 4) is 17.6 Å². The van der Waals surface area contributed by atoms with Crippen molar-refractivity contribution in [3.63, 3.8) is 0 Å². The average molecular weight is 320 g/mol. The minimum absolute atomic E-state index is 0.0529. The molecule has 0 saturated heterocycles. The Kier molecular flexibility index (Phi) is 3.39. The monoisotopic (exact) mass is 320 g/mol. The SMILES string of the molecule is CC1c2cc3c(cc2CCN1C(=O)c1cccc(C#N)c1)OCO3. The third kappa shape index (κ3) is 2.28. The molecule has 0 aliphatic carbocycles. The highest BCUT2D eigenvalue weighted by atomic mass is 16.7. The van der Waals surface area contributed by atoms with Crippen LogP contribution in [0.1, 0.15) is 40.0 Å². The summed E-state index contributed by atoms with van der Waals surface area (Å²) in [5.41, 5.74) is 3.33. The molecular formula is C19H16N2O3. The maximum Gasteiger partial charge on any atom is 0.254 e. The lowest BCUT2D eigenvalue weighted by molar-refractivity contribution is 0.0677. The van der Waals surface area contributed by atoms with E-state index in [1.165, 1.54) is 5.56 Å². The molecule has 24 heavy (non-hydrogen) atoms. The number of rotatable bonds is 1. The fraction of sp³-hybridized carbons (Fsp3) is 0.263. The third-order valence-corrected chi connectivity index (χ3v) is 4.67. The van der Waals surface area contributed by atoms with Crippen LogP contribution in [0.15, 0.2) is 36.4 Å². The van der Waals surface area contributed by atoms with Crippen LogP contribution in [0, 0.1) is 11.3 Å². The minimum Gasteiger partial charge on any atom is -0.454 e. The van der Waals surface area contributed by atoms with Gasteiger partial charge in [0.05, 0.1) is 17.7 Å². The molecule has 1 atom stereocenters. The third-order valence-electron chi connectivity index (χ3n) is 4.67. The number of hydrogen-bond acceptors (Lipinski definition) is 4. The number of benzene rings is 2. The zero-order valence-corrected chi connectivity index (χ0v) is 13.3. The first-order valence-electron chi connectivity index (χ1n) is 7.91. The molecule has 5 heteroatoms. The van der Waals surface area contributed by atoms with E-state index in [-0.39, 0.29) is 18.7 Å². The predicted molar refractivity (Wildman–Crippen MR) is 86.9 cm³/mol. The number of amides is 1. The van der Waals surface area contributed by atoms with Crippen LogP contribution in [0.3, 0.4) is 0 Å². The standard InChI is InChI=1S/C19H16N2O3/c1-12-16-9-18-17(23-11-24-18)8-14(16)5-6-21(12)19(22)15-4-2-3-13(7-15)10-20/h2-4,7-9,12H,5-6,11H2,1H3. The lowest BCUT2D eigenvalue weighted by atomic mass is 9.92. The fourth-order valence-corrected chi connectivity index (χ4v) is 3.37. The summed E-state index contributed by atoms with van der Waals surface area (Å²) in [5, 5.41) is 9.03. The van der Waals surface area contributed by atoms with Crippen LogP contribution in [0.4, 0.5) is 0 Å². The summed E-state index contributed by atoms with van der Waals surface area (Å²) in [5.74, 6) is 1.46. The Bertz CT molecular complexity index is 869. The summed E-state index contributed by atoms with van der Waals surface area (Å²) in [6.07, 6.45) is 0.778. The Balaban J connectivity index is 1.66. The molecule has 2 aliphatic rings. The highest BCUT2D eigenvalue weighted by Gasteiger charge is 2.30. The molecule has 2 aromatic rings. The molecule has 0 radical (unpaired) electrons.